The molecule has 112 valence electrons. The van der Waals surface area contributed by atoms with Gasteiger partial charge < -0.3 is 9.84 Å². The van der Waals surface area contributed by atoms with Crippen LogP contribution in [0.3, 0.4) is 0 Å². The molecule has 0 saturated carbocycles. The molecule has 1 aromatic carbocycles. The van der Waals surface area contributed by atoms with Crippen molar-refractivity contribution in [3.05, 3.63) is 60.2 Å². The molecule has 2 aromatic heterocycles. The molecular weight excluding hydrogens is 276 g/mol. The average molecular weight is 294 g/mol. The summed E-state index contributed by atoms with van der Waals surface area (Å²) in [5.74, 6) is 0.979. The summed E-state index contributed by atoms with van der Waals surface area (Å²) in [5, 5.41) is 7.07. The Kier molecular flexibility index (Phi) is 4.14. The van der Waals surface area contributed by atoms with Gasteiger partial charge in [0, 0.05) is 24.9 Å². The standard InChI is InChI=1S/C17H18N4O/c1-12(2)16-20-17(22-21-16)19-10-13-5-7-14(8-6-13)15-4-3-9-18-11-15/h3-9,11-12H,10H2,1-2H3,(H,19,20,21). The third kappa shape index (κ3) is 3.31. The molecule has 1 N–H and O–H groups in total. The lowest BCUT2D eigenvalue weighted by Crippen LogP contribution is -2.00. The predicted octanol–water partition coefficient (Wildman–Crippen LogP) is 3.87. The number of benzene rings is 1. The van der Waals surface area contributed by atoms with Crippen LogP contribution < -0.4 is 5.32 Å². The van der Waals surface area contributed by atoms with Gasteiger partial charge in [-0.15, -0.1) is 0 Å². The third-order valence-electron chi connectivity index (χ3n) is 3.35. The molecule has 3 rings (SSSR count). The van der Waals surface area contributed by atoms with E-state index in [0.29, 0.717) is 12.6 Å². The molecule has 0 aliphatic heterocycles. The Labute approximate surface area is 129 Å². The Balaban J connectivity index is 1.63. The van der Waals surface area contributed by atoms with Gasteiger partial charge in [-0.3, -0.25) is 4.98 Å². The first kappa shape index (κ1) is 14.3. The zero-order chi connectivity index (χ0) is 15.4. The molecule has 0 aliphatic rings. The molecule has 0 unspecified atom stereocenters. The SMILES string of the molecule is CC(C)c1noc(NCc2ccc(-c3cccnc3)cc2)n1. The van der Waals surface area contributed by atoms with E-state index in [2.05, 4.69) is 44.7 Å². The molecular formula is C17H18N4O. The van der Waals surface area contributed by atoms with Crippen LogP contribution in [0, 0.1) is 0 Å². The van der Waals surface area contributed by atoms with Crippen molar-refractivity contribution < 1.29 is 4.52 Å². The molecule has 3 aromatic rings. The summed E-state index contributed by atoms with van der Waals surface area (Å²) in [4.78, 5) is 8.43. The summed E-state index contributed by atoms with van der Waals surface area (Å²) in [7, 11) is 0. The number of anilines is 1. The van der Waals surface area contributed by atoms with Crippen molar-refractivity contribution in [1.29, 1.82) is 0 Å². The van der Waals surface area contributed by atoms with E-state index < -0.39 is 0 Å². The fourth-order valence-electron chi connectivity index (χ4n) is 2.07. The molecule has 0 amide bonds. The number of rotatable bonds is 5. The van der Waals surface area contributed by atoms with Gasteiger partial charge in [0.25, 0.3) is 0 Å². The van der Waals surface area contributed by atoms with Crippen molar-refractivity contribution in [2.75, 3.05) is 5.32 Å². The quantitative estimate of drug-likeness (QED) is 0.774. The maximum Gasteiger partial charge on any atom is 0.321 e. The van der Waals surface area contributed by atoms with Gasteiger partial charge in [0.15, 0.2) is 5.82 Å². The molecule has 5 nitrogen and oxygen atoms in total. The van der Waals surface area contributed by atoms with Gasteiger partial charge in [0.2, 0.25) is 0 Å². The summed E-state index contributed by atoms with van der Waals surface area (Å²) in [6.45, 7) is 4.71. The van der Waals surface area contributed by atoms with Crippen molar-refractivity contribution in [2.24, 2.45) is 0 Å². The Morgan fingerprint density at radius 2 is 1.91 bits per heavy atom. The van der Waals surface area contributed by atoms with Gasteiger partial charge in [0.05, 0.1) is 0 Å². The van der Waals surface area contributed by atoms with Crippen LogP contribution in [0.1, 0.15) is 31.2 Å². The van der Waals surface area contributed by atoms with E-state index >= 15 is 0 Å². The van der Waals surface area contributed by atoms with Crippen molar-refractivity contribution in [2.45, 2.75) is 26.3 Å². The van der Waals surface area contributed by atoms with Crippen molar-refractivity contribution in [1.82, 2.24) is 15.1 Å². The fraction of sp³-hybridized carbons (Fsp3) is 0.235. The lowest BCUT2D eigenvalue weighted by Gasteiger charge is -2.04. The molecule has 0 spiro atoms. The topological polar surface area (TPSA) is 63.8 Å². The largest absolute Gasteiger partial charge is 0.334 e. The van der Waals surface area contributed by atoms with Crippen LogP contribution in [0.15, 0.2) is 53.3 Å². The van der Waals surface area contributed by atoms with Gasteiger partial charge in [-0.05, 0) is 22.8 Å². The van der Waals surface area contributed by atoms with E-state index in [9.17, 15) is 0 Å². The van der Waals surface area contributed by atoms with Gasteiger partial charge in [-0.25, -0.2) is 0 Å². The third-order valence-corrected chi connectivity index (χ3v) is 3.35. The van der Waals surface area contributed by atoms with Gasteiger partial charge >= 0.3 is 6.01 Å². The highest BCUT2D eigenvalue weighted by atomic mass is 16.5. The summed E-state index contributed by atoms with van der Waals surface area (Å²) in [6, 6.07) is 12.8. The predicted molar refractivity (Wildman–Crippen MR) is 85.4 cm³/mol. The summed E-state index contributed by atoms with van der Waals surface area (Å²) < 4.78 is 5.16. The van der Waals surface area contributed by atoms with Crippen LogP contribution in [0.4, 0.5) is 6.01 Å². The summed E-state index contributed by atoms with van der Waals surface area (Å²) in [6.07, 6.45) is 3.64. The van der Waals surface area contributed by atoms with Crippen molar-refractivity contribution in [3.8, 4) is 11.1 Å². The first-order valence-corrected chi connectivity index (χ1v) is 7.29. The first-order chi connectivity index (χ1) is 10.7. The Hall–Kier alpha value is -2.69. The molecule has 22 heavy (non-hydrogen) atoms. The summed E-state index contributed by atoms with van der Waals surface area (Å²) in [5.41, 5.74) is 3.41. The van der Waals surface area contributed by atoms with Gasteiger partial charge in [0.1, 0.15) is 0 Å². The molecule has 0 radical (unpaired) electrons. The van der Waals surface area contributed by atoms with E-state index in [1.165, 1.54) is 0 Å². The average Bonchev–Trinajstić information content (AvgIpc) is 3.04. The number of pyridine rings is 1. The molecule has 0 atom stereocenters. The van der Waals surface area contributed by atoms with Crippen LogP contribution in [0.2, 0.25) is 0 Å². The lowest BCUT2D eigenvalue weighted by atomic mass is 10.1. The number of hydrogen-bond donors (Lipinski definition) is 1. The zero-order valence-electron chi connectivity index (χ0n) is 12.7. The maximum absolute atomic E-state index is 5.16. The van der Waals surface area contributed by atoms with E-state index in [0.717, 1.165) is 22.5 Å². The fourth-order valence-corrected chi connectivity index (χ4v) is 2.07. The highest BCUT2D eigenvalue weighted by Gasteiger charge is 2.08. The number of nitrogens with one attached hydrogen (secondary N) is 1. The number of hydrogen-bond acceptors (Lipinski definition) is 5. The van der Waals surface area contributed by atoms with Crippen LogP contribution in [-0.4, -0.2) is 15.1 Å². The van der Waals surface area contributed by atoms with Gasteiger partial charge in [-0.1, -0.05) is 49.3 Å². The minimum absolute atomic E-state index is 0.262. The Bertz CT molecular complexity index is 720. The lowest BCUT2D eigenvalue weighted by molar-refractivity contribution is 0.419. The van der Waals surface area contributed by atoms with Gasteiger partial charge in [-0.2, -0.15) is 4.98 Å². The van der Waals surface area contributed by atoms with Crippen LogP contribution in [-0.2, 0) is 6.54 Å². The second-order valence-corrected chi connectivity index (χ2v) is 5.40. The first-order valence-electron chi connectivity index (χ1n) is 7.29. The highest BCUT2D eigenvalue weighted by Crippen LogP contribution is 2.19. The van der Waals surface area contributed by atoms with E-state index in [-0.39, 0.29) is 5.92 Å². The molecule has 0 bridgehead atoms. The molecule has 2 heterocycles. The maximum atomic E-state index is 5.16. The second-order valence-electron chi connectivity index (χ2n) is 5.40. The van der Waals surface area contributed by atoms with E-state index in [1.807, 2.05) is 32.2 Å². The molecule has 0 saturated heterocycles. The van der Waals surface area contributed by atoms with Crippen LogP contribution in [0.5, 0.6) is 0 Å². The van der Waals surface area contributed by atoms with Crippen LogP contribution >= 0.6 is 0 Å². The number of nitrogens with zero attached hydrogens (tertiary/aromatic N) is 3. The van der Waals surface area contributed by atoms with Crippen molar-refractivity contribution >= 4 is 6.01 Å². The second kappa shape index (κ2) is 6.39. The Morgan fingerprint density at radius 1 is 1.09 bits per heavy atom. The smallest absolute Gasteiger partial charge is 0.321 e. The number of aromatic nitrogens is 3. The van der Waals surface area contributed by atoms with Crippen molar-refractivity contribution in [3.63, 3.8) is 0 Å². The molecule has 5 heteroatoms. The Morgan fingerprint density at radius 3 is 2.55 bits per heavy atom. The monoisotopic (exact) mass is 294 g/mol. The van der Waals surface area contributed by atoms with Crippen LogP contribution in [0.25, 0.3) is 11.1 Å². The molecule has 0 fully saturated rings. The van der Waals surface area contributed by atoms with E-state index in [4.69, 9.17) is 4.52 Å². The normalized spacial score (nSPS) is 10.9. The minimum Gasteiger partial charge on any atom is -0.334 e. The minimum atomic E-state index is 0.262. The van der Waals surface area contributed by atoms with E-state index in [1.54, 1.807) is 6.20 Å². The zero-order valence-corrected chi connectivity index (χ0v) is 12.7. The molecule has 0 aliphatic carbocycles. The highest BCUT2D eigenvalue weighted by molar-refractivity contribution is 5.62. The summed E-state index contributed by atoms with van der Waals surface area (Å²) >= 11 is 0.